The molecule has 0 aliphatic heterocycles. The van der Waals surface area contributed by atoms with Crippen molar-refractivity contribution in [2.75, 3.05) is 6.54 Å². The highest BCUT2D eigenvalue weighted by Crippen LogP contribution is 2.43. The molecule has 108 valence electrons. The van der Waals surface area contributed by atoms with E-state index in [1.807, 2.05) is 11.7 Å². The van der Waals surface area contributed by atoms with Crippen LogP contribution in [-0.2, 0) is 7.05 Å². The Morgan fingerprint density at radius 1 is 1.42 bits per heavy atom. The van der Waals surface area contributed by atoms with Gasteiger partial charge in [-0.2, -0.15) is 0 Å². The van der Waals surface area contributed by atoms with E-state index in [2.05, 4.69) is 52.3 Å². The van der Waals surface area contributed by atoms with Gasteiger partial charge in [0.25, 0.3) is 0 Å². The molecule has 1 atom stereocenters. The molecule has 2 rings (SSSR count). The molecule has 0 aromatic carbocycles. The fourth-order valence-electron chi connectivity index (χ4n) is 3.13. The molecule has 1 aliphatic rings. The minimum absolute atomic E-state index is 0.357. The summed E-state index contributed by atoms with van der Waals surface area (Å²) in [5.41, 5.74) is 1.70. The molecule has 1 N–H and O–H groups in total. The van der Waals surface area contributed by atoms with E-state index in [0.717, 1.165) is 11.1 Å². The summed E-state index contributed by atoms with van der Waals surface area (Å²) in [6.45, 7) is 7.90. The van der Waals surface area contributed by atoms with E-state index < -0.39 is 0 Å². The maximum atomic E-state index is 4.13. The van der Waals surface area contributed by atoms with Gasteiger partial charge in [0.2, 0.25) is 0 Å². The molecule has 4 nitrogen and oxygen atoms in total. The first-order valence-electron chi connectivity index (χ1n) is 7.23. The lowest BCUT2D eigenvalue weighted by Crippen LogP contribution is -2.34. The molecule has 19 heavy (non-hydrogen) atoms. The van der Waals surface area contributed by atoms with Crippen molar-refractivity contribution in [2.45, 2.75) is 52.5 Å². The zero-order valence-electron chi connectivity index (χ0n) is 12.4. The molecule has 1 aromatic heterocycles. The number of halogens is 1. The molecule has 0 amide bonds. The summed E-state index contributed by atoms with van der Waals surface area (Å²) in [7, 11) is 1.98. The van der Waals surface area contributed by atoms with Crippen LogP contribution in [0.3, 0.4) is 0 Å². The second-order valence-electron chi connectivity index (χ2n) is 6.43. The number of aryl methyl sites for hydroxylation is 1. The molecule has 1 heterocycles. The van der Waals surface area contributed by atoms with Gasteiger partial charge in [0.15, 0.2) is 4.60 Å². The summed E-state index contributed by atoms with van der Waals surface area (Å²) >= 11 is 3.54. The minimum atomic E-state index is 0.357. The Morgan fingerprint density at radius 3 is 2.53 bits per heavy atom. The summed E-state index contributed by atoms with van der Waals surface area (Å²) in [5.74, 6) is 0.682. The maximum Gasteiger partial charge on any atom is 0.153 e. The smallest absolute Gasteiger partial charge is 0.153 e. The van der Waals surface area contributed by atoms with Crippen molar-refractivity contribution in [1.29, 1.82) is 0 Å². The predicted octanol–water partition coefficient (Wildman–Crippen LogP) is 3.44. The number of nitrogens with one attached hydrogen (secondary N) is 1. The van der Waals surface area contributed by atoms with Crippen LogP contribution in [0.25, 0.3) is 0 Å². The van der Waals surface area contributed by atoms with E-state index >= 15 is 0 Å². The van der Waals surface area contributed by atoms with Crippen LogP contribution in [0.5, 0.6) is 0 Å². The van der Waals surface area contributed by atoms with E-state index in [1.165, 1.54) is 31.4 Å². The van der Waals surface area contributed by atoms with Crippen molar-refractivity contribution < 1.29 is 0 Å². The summed E-state index contributed by atoms with van der Waals surface area (Å²) in [6.07, 6.45) is 5.18. The van der Waals surface area contributed by atoms with Gasteiger partial charge in [0.1, 0.15) is 0 Å². The first kappa shape index (κ1) is 15.0. The highest BCUT2D eigenvalue weighted by Gasteiger charge is 2.34. The van der Waals surface area contributed by atoms with Crippen LogP contribution in [0, 0.1) is 11.3 Å². The topological polar surface area (TPSA) is 42.7 Å². The van der Waals surface area contributed by atoms with Gasteiger partial charge in [-0.25, -0.2) is 4.68 Å². The third-order valence-electron chi connectivity index (χ3n) is 4.40. The van der Waals surface area contributed by atoms with Gasteiger partial charge >= 0.3 is 0 Å². The molecule has 1 fully saturated rings. The second-order valence-corrected chi connectivity index (χ2v) is 7.18. The highest BCUT2D eigenvalue weighted by atomic mass is 79.9. The second kappa shape index (κ2) is 5.92. The summed E-state index contributed by atoms with van der Waals surface area (Å²) in [4.78, 5) is 0. The van der Waals surface area contributed by atoms with Gasteiger partial charge in [0, 0.05) is 7.05 Å². The summed E-state index contributed by atoms with van der Waals surface area (Å²) < 4.78 is 2.78. The Morgan fingerprint density at radius 2 is 2.05 bits per heavy atom. The molecule has 0 saturated heterocycles. The van der Waals surface area contributed by atoms with E-state index in [9.17, 15) is 0 Å². The number of hydrogen-bond acceptors (Lipinski definition) is 3. The number of rotatable bonds is 4. The van der Waals surface area contributed by atoms with Crippen molar-refractivity contribution >= 4 is 15.9 Å². The third-order valence-corrected chi connectivity index (χ3v) is 4.97. The van der Waals surface area contributed by atoms with Crippen molar-refractivity contribution in [3.8, 4) is 0 Å². The lowest BCUT2D eigenvalue weighted by molar-refractivity contribution is 0.159. The van der Waals surface area contributed by atoms with Crippen LogP contribution < -0.4 is 5.32 Å². The van der Waals surface area contributed by atoms with E-state index in [1.54, 1.807) is 0 Å². The van der Waals surface area contributed by atoms with Crippen LogP contribution in [0.1, 0.15) is 58.2 Å². The average Bonchev–Trinajstić information content (AvgIpc) is 2.67. The molecule has 1 saturated carbocycles. The Bertz CT molecular complexity index is 398. The van der Waals surface area contributed by atoms with Crippen molar-refractivity contribution in [3.63, 3.8) is 0 Å². The Hall–Kier alpha value is -0.420. The molecule has 0 radical (unpaired) electrons. The Kier molecular flexibility index (Phi) is 4.66. The monoisotopic (exact) mass is 328 g/mol. The average molecular weight is 329 g/mol. The van der Waals surface area contributed by atoms with E-state index in [4.69, 9.17) is 0 Å². The van der Waals surface area contributed by atoms with Crippen LogP contribution in [0.4, 0.5) is 0 Å². The summed E-state index contributed by atoms with van der Waals surface area (Å²) in [6, 6.07) is 0.357. The lowest BCUT2D eigenvalue weighted by Gasteiger charge is -2.38. The molecule has 1 unspecified atom stereocenters. The molecule has 0 bridgehead atoms. The van der Waals surface area contributed by atoms with Crippen molar-refractivity contribution in [3.05, 3.63) is 10.3 Å². The zero-order valence-corrected chi connectivity index (χ0v) is 14.0. The highest BCUT2D eigenvalue weighted by molar-refractivity contribution is 9.10. The molecule has 1 aromatic rings. The van der Waals surface area contributed by atoms with Gasteiger partial charge in [-0.05, 0) is 59.5 Å². The number of hydrogen-bond donors (Lipinski definition) is 1. The van der Waals surface area contributed by atoms with Crippen LogP contribution in [0.2, 0.25) is 0 Å². The molecule has 0 spiro atoms. The van der Waals surface area contributed by atoms with Gasteiger partial charge in [-0.1, -0.05) is 26.0 Å². The quantitative estimate of drug-likeness (QED) is 0.920. The first-order valence-corrected chi connectivity index (χ1v) is 8.02. The standard InChI is InChI=1S/C14H25BrN4/c1-5-16-11(12-13(15)17-18-19(12)4)10-6-8-14(2,3)9-7-10/h10-11,16H,5-9H2,1-4H3. The number of nitrogens with zero attached hydrogens (tertiary/aromatic N) is 3. The van der Waals surface area contributed by atoms with Crippen LogP contribution >= 0.6 is 15.9 Å². The Labute approximate surface area is 124 Å². The minimum Gasteiger partial charge on any atom is -0.309 e. The lowest BCUT2D eigenvalue weighted by atomic mass is 9.70. The molecular formula is C14H25BrN4. The SMILES string of the molecule is CCNC(c1c(Br)nnn1C)C1CCC(C)(C)CC1. The van der Waals surface area contributed by atoms with Crippen LogP contribution in [-0.4, -0.2) is 21.5 Å². The zero-order chi connectivity index (χ0) is 14.0. The van der Waals surface area contributed by atoms with E-state index in [-0.39, 0.29) is 0 Å². The predicted molar refractivity (Wildman–Crippen MR) is 80.9 cm³/mol. The molecule has 5 heteroatoms. The van der Waals surface area contributed by atoms with Crippen LogP contribution in [0.15, 0.2) is 4.60 Å². The first-order chi connectivity index (χ1) is 8.94. The third kappa shape index (κ3) is 3.37. The normalized spacial score (nSPS) is 21.5. The van der Waals surface area contributed by atoms with Gasteiger partial charge in [-0.15, -0.1) is 5.10 Å². The molecular weight excluding hydrogens is 304 g/mol. The fraction of sp³-hybridized carbons (Fsp3) is 0.857. The largest absolute Gasteiger partial charge is 0.309 e. The molecule has 1 aliphatic carbocycles. The van der Waals surface area contributed by atoms with Gasteiger partial charge in [0.05, 0.1) is 11.7 Å². The van der Waals surface area contributed by atoms with E-state index in [0.29, 0.717) is 17.4 Å². The number of aromatic nitrogens is 3. The van der Waals surface area contributed by atoms with Crippen molar-refractivity contribution in [2.24, 2.45) is 18.4 Å². The fourth-order valence-corrected chi connectivity index (χ4v) is 3.70. The van der Waals surface area contributed by atoms with Gasteiger partial charge in [-0.3, -0.25) is 0 Å². The maximum absolute atomic E-state index is 4.13. The van der Waals surface area contributed by atoms with Gasteiger partial charge < -0.3 is 5.32 Å². The van der Waals surface area contributed by atoms with Crippen molar-refractivity contribution in [1.82, 2.24) is 20.3 Å². The Balaban J connectivity index is 2.17. The summed E-state index contributed by atoms with van der Waals surface area (Å²) in [5, 5.41) is 11.9.